The lowest BCUT2D eigenvalue weighted by Crippen LogP contribution is -2.11. The number of esters is 1. The van der Waals surface area contributed by atoms with Gasteiger partial charge in [0.05, 0.1) is 6.61 Å². The van der Waals surface area contributed by atoms with Crippen LogP contribution in [0.15, 0.2) is 30.3 Å². The Morgan fingerprint density at radius 1 is 1.44 bits per heavy atom. The van der Waals surface area contributed by atoms with Gasteiger partial charge >= 0.3 is 5.97 Å². The summed E-state index contributed by atoms with van der Waals surface area (Å²) in [5.41, 5.74) is 1.82. The van der Waals surface area contributed by atoms with Crippen LogP contribution in [0.5, 0.6) is 0 Å². The van der Waals surface area contributed by atoms with Crippen LogP contribution in [0.1, 0.15) is 36.8 Å². The third kappa shape index (κ3) is 1.70. The average Bonchev–Trinajstić information content (AvgIpc) is 2.95. The molecule has 1 aliphatic carbocycles. The number of para-hydroxylation sites is 1. The highest BCUT2D eigenvalue weighted by atomic mass is 16.5. The third-order valence-electron chi connectivity index (χ3n) is 3.63. The van der Waals surface area contributed by atoms with Crippen molar-refractivity contribution in [1.29, 1.82) is 0 Å². The average molecular weight is 243 g/mol. The number of nitrogens with zero attached hydrogens (tertiary/aromatic N) is 1. The number of hydrogen-bond acceptors (Lipinski definition) is 2. The molecular formula is C15H17NO2. The van der Waals surface area contributed by atoms with E-state index in [0.717, 1.165) is 17.3 Å². The summed E-state index contributed by atoms with van der Waals surface area (Å²) < 4.78 is 7.30. The number of fused-ring (bicyclic) bond motifs is 1. The molecule has 0 saturated heterocycles. The zero-order chi connectivity index (χ0) is 12.7. The lowest BCUT2D eigenvalue weighted by molar-refractivity contribution is 0.0514. The Balaban J connectivity index is 2.14. The number of ether oxygens (including phenoxy) is 1. The fourth-order valence-corrected chi connectivity index (χ4v) is 2.56. The van der Waals surface area contributed by atoms with Gasteiger partial charge in [0.25, 0.3) is 0 Å². The standard InChI is InChI=1S/C15H17NO2/c1-3-18-15(17)14-9-11-6-4-5-7-12(11)16(14)13-8-10(13)2/h4-7,9-10,13H,3,8H2,1-2H3/t10-,13+/m0/s1. The van der Waals surface area contributed by atoms with Crippen LogP contribution < -0.4 is 0 Å². The normalized spacial score (nSPS) is 22.1. The van der Waals surface area contributed by atoms with Gasteiger partial charge in [0.2, 0.25) is 0 Å². The van der Waals surface area contributed by atoms with E-state index >= 15 is 0 Å². The molecule has 0 unspecified atom stereocenters. The molecule has 0 N–H and O–H groups in total. The Morgan fingerprint density at radius 2 is 2.17 bits per heavy atom. The summed E-state index contributed by atoms with van der Waals surface area (Å²) in [7, 11) is 0. The lowest BCUT2D eigenvalue weighted by atomic mass is 10.2. The molecule has 3 nitrogen and oxygen atoms in total. The molecule has 0 radical (unpaired) electrons. The van der Waals surface area contributed by atoms with Gasteiger partial charge in [-0.25, -0.2) is 4.79 Å². The van der Waals surface area contributed by atoms with Crippen molar-refractivity contribution in [2.75, 3.05) is 6.61 Å². The maximum absolute atomic E-state index is 12.0. The zero-order valence-corrected chi connectivity index (χ0v) is 10.7. The van der Waals surface area contributed by atoms with Crippen LogP contribution in [0.4, 0.5) is 0 Å². The first-order chi connectivity index (χ1) is 8.72. The molecule has 0 bridgehead atoms. The number of rotatable bonds is 3. The number of hydrogen-bond donors (Lipinski definition) is 0. The van der Waals surface area contributed by atoms with Gasteiger partial charge < -0.3 is 9.30 Å². The minimum Gasteiger partial charge on any atom is -0.461 e. The molecule has 2 aromatic rings. The van der Waals surface area contributed by atoms with Gasteiger partial charge in [-0.1, -0.05) is 25.1 Å². The largest absolute Gasteiger partial charge is 0.461 e. The molecule has 0 aliphatic heterocycles. The molecule has 3 rings (SSSR count). The van der Waals surface area contributed by atoms with Gasteiger partial charge in [-0.3, -0.25) is 0 Å². The maximum Gasteiger partial charge on any atom is 0.354 e. The van der Waals surface area contributed by atoms with Crippen LogP contribution in [0.3, 0.4) is 0 Å². The molecule has 3 heteroatoms. The van der Waals surface area contributed by atoms with E-state index < -0.39 is 0 Å². The highest BCUT2D eigenvalue weighted by Crippen LogP contribution is 2.45. The second kappa shape index (κ2) is 4.16. The molecular weight excluding hydrogens is 226 g/mol. The van der Waals surface area contributed by atoms with E-state index in [1.807, 2.05) is 31.2 Å². The van der Waals surface area contributed by atoms with E-state index in [9.17, 15) is 4.79 Å². The highest BCUT2D eigenvalue weighted by Gasteiger charge is 2.37. The van der Waals surface area contributed by atoms with Gasteiger partial charge in [0.15, 0.2) is 0 Å². The lowest BCUT2D eigenvalue weighted by Gasteiger charge is -2.09. The molecule has 1 aromatic heterocycles. The molecule has 1 aliphatic rings. The van der Waals surface area contributed by atoms with Crippen LogP contribution in [0.25, 0.3) is 10.9 Å². The Bertz CT molecular complexity index is 600. The van der Waals surface area contributed by atoms with Crippen molar-refractivity contribution in [2.24, 2.45) is 5.92 Å². The van der Waals surface area contributed by atoms with E-state index in [0.29, 0.717) is 24.3 Å². The summed E-state index contributed by atoms with van der Waals surface area (Å²) in [6.07, 6.45) is 1.14. The van der Waals surface area contributed by atoms with Crippen molar-refractivity contribution in [3.05, 3.63) is 36.0 Å². The molecule has 1 heterocycles. The third-order valence-corrected chi connectivity index (χ3v) is 3.63. The fraction of sp³-hybridized carbons (Fsp3) is 0.400. The monoisotopic (exact) mass is 243 g/mol. The van der Waals surface area contributed by atoms with Crippen molar-refractivity contribution in [3.63, 3.8) is 0 Å². The van der Waals surface area contributed by atoms with Crippen molar-refractivity contribution in [3.8, 4) is 0 Å². The Labute approximate surface area is 106 Å². The molecule has 18 heavy (non-hydrogen) atoms. The molecule has 1 saturated carbocycles. The number of benzene rings is 1. The fourth-order valence-electron chi connectivity index (χ4n) is 2.56. The number of carbonyl (C=O) groups is 1. The van der Waals surface area contributed by atoms with Crippen molar-refractivity contribution < 1.29 is 9.53 Å². The quantitative estimate of drug-likeness (QED) is 0.774. The summed E-state index contributed by atoms with van der Waals surface area (Å²) in [4.78, 5) is 12.0. The second-order valence-electron chi connectivity index (χ2n) is 4.96. The van der Waals surface area contributed by atoms with E-state index in [4.69, 9.17) is 4.74 Å². The van der Waals surface area contributed by atoms with Gasteiger partial charge in [0.1, 0.15) is 5.69 Å². The Morgan fingerprint density at radius 3 is 2.83 bits per heavy atom. The van der Waals surface area contributed by atoms with Gasteiger partial charge in [-0.05, 0) is 31.4 Å². The van der Waals surface area contributed by atoms with E-state index in [2.05, 4.69) is 17.6 Å². The molecule has 1 fully saturated rings. The van der Waals surface area contributed by atoms with Gasteiger partial charge in [-0.15, -0.1) is 0 Å². The highest BCUT2D eigenvalue weighted by molar-refractivity contribution is 5.95. The minimum absolute atomic E-state index is 0.215. The van der Waals surface area contributed by atoms with Crippen molar-refractivity contribution in [1.82, 2.24) is 4.57 Å². The van der Waals surface area contributed by atoms with Crippen LogP contribution >= 0.6 is 0 Å². The number of aromatic nitrogens is 1. The van der Waals surface area contributed by atoms with E-state index in [1.54, 1.807) is 0 Å². The van der Waals surface area contributed by atoms with E-state index in [1.165, 1.54) is 0 Å². The summed E-state index contributed by atoms with van der Waals surface area (Å²) in [5.74, 6) is 0.432. The van der Waals surface area contributed by atoms with Crippen molar-refractivity contribution in [2.45, 2.75) is 26.3 Å². The number of carbonyl (C=O) groups excluding carboxylic acids is 1. The smallest absolute Gasteiger partial charge is 0.354 e. The molecule has 0 amide bonds. The zero-order valence-electron chi connectivity index (χ0n) is 10.7. The summed E-state index contributed by atoms with van der Waals surface area (Å²) in [5, 5.41) is 1.11. The van der Waals surface area contributed by atoms with Crippen molar-refractivity contribution >= 4 is 16.9 Å². The van der Waals surface area contributed by atoms with Crippen LogP contribution in [0.2, 0.25) is 0 Å². The van der Waals surface area contributed by atoms with Gasteiger partial charge in [0, 0.05) is 16.9 Å². The predicted octanol–water partition coefficient (Wildman–Crippen LogP) is 3.40. The van der Waals surface area contributed by atoms with Crippen LogP contribution in [0, 0.1) is 5.92 Å². The maximum atomic E-state index is 12.0. The predicted molar refractivity (Wildman–Crippen MR) is 70.7 cm³/mol. The summed E-state index contributed by atoms with van der Waals surface area (Å²) in [6.45, 7) is 4.47. The van der Waals surface area contributed by atoms with Gasteiger partial charge in [-0.2, -0.15) is 0 Å². The van der Waals surface area contributed by atoms with Crippen LogP contribution in [-0.4, -0.2) is 17.1 Å². The second-order valence-corrected chi connectivity index (χ2v) is 4.96. The summed E-state index contributed by atoms with van der Waals surface area (Å²) >= 11 is 0. The first-order valence-corrected chi connectivity index (χ1v) is 6.49. The van der Waals surface area contributed by atoms with E-state index in [-0.39, 0.29) is 5.97 Å². The molecule has 2 atom stereocenters. The topological polar surface area (TPSA) is 31.2 Å². The molecule has 1 aromatic carbocycles. The minimum atomic E-state index is -0.215. The Kier molecular flexibility index (Phi) is 2.62. The van der Waals surface area contributed by atoms with Crippen LogP contribution in [-0.2, 0) is 4.74 Å². The SMILES string of the molecule is CCOC(=O)c1cc2ccccc2n1[C@@H]1C[C@@H]1C. The first kappa shape index (κ1) is 11.3. The molecule has 0 spiro atoms. The Hall–Kier alpha value is -1.77. The first-order valence-electron chi connectivity index (χ1n) is 6.49. The molecule has 94 valence electrons. The summed E-state index contributed by atoms with van der Waals surface area (Å²) in [6, 6.07) is 10.5.